The van der Waals surface area contributed by atoms with Gasteiger partial charge in [0.05, 0.1) is 16.8 Å². The second-order valence-electron chi connectivity index (χ2n) is 7.74. The molecule has 0 spiro atoms. The summed E-state index contributed by atoms with van der Waals surface area (Å²) in [5.74, 6) is 0.309. The maximum Gasteiger partial charge on any atom is 0.252 e. The van der Waals surface area contributed by atoms with E-state index in [9.17, 15) is 4.79 Å². The maximum atomic E-state index is 13.3. The molecule has 0 bridgehead atoms. The molecule has 5 aromatic rings. The summed E-state index contributed by atoms with van der Waals surface area (Å²) in [6, 6.07) is 26.9. The molecule has 3 heterocycles. The summed E-state index contributed by atoms with van der Waals surface area (Å²) in [7, 11) is 0. The Morgan fingerprint density at radius 2 is 1.71 bits per heavy atom. The van der Waals surface area contributed by atoms with E-state index in [1.165, 1.54) is 0 Å². The Hall–Kier alpha value is -4.58. The first-order valence-corrected chi connectivity index (χ1v) is 11.0. The van der Waals surface area contributed by atoms with Gasteiger partial charge in [-0.2, -0.15) is 0 Å². The minimum atomic E-state index is -0.193. The van der Waals surface area contributed by atoms with Gasteiger partial charge >= 0.3 is 0 Å². The van der Waals surface area contributed by atoms with Crippen LogP contribution in [0, 0.1) is 0 Å². The van der Waals surface area contributed by atoms with Gasteiger partial charge in [-0.1, -0.05) is 54.6 Å². The summed E-state index contributed by atoms with van der Waals surface area (Å²) in [4.78, 5) is 26.6. The van der Waals surface area contributed by atoms with E-state index in [1.54, 1.807) is 18.6 Å². The lowest BCUT2D eigenvalue weighted by molar-refractivity contribution is 0.0952. The predicted molar refractivity (Wildman–Crippen MR) is 131 cm³/mol. The second kappa shape index (κ2) is 9.92. The number of nitrogens with one attached hydrogen (secondary N) is 1. The highest BCUT2D eigenvalue weighted by Gasteiger charge is 2.15. The van der Waals surface area contributed by atoms with E-state index in [4.69, 9.17) is 9.72 Å². The fraction of sp³-hybridized carbons (Fsp3) is 0.0714. The third-order valence-corrected chi connectivity index (χ3v) is 5.43. The lowest BCUT2D eigenvalue weighted by Gasteiger charge is -2.13. The Balaban J connectivity index is 1.38. The van der Waals surface area contributed by atoms with Crippen LogP contribution in [-0.4, -0.2) is 20.9 Å². The fourth-order valence-electron chi connectivity index (χ4n) is 3.71. The SMILES string of the molecule is O=C(NCc1cccnc1OCc1ccccc1)c1cc(-c2cccnc2)nc2ccccc12. The molecule has 1 amide bonds. The number of benzene rings is 2. The highest BCUT2D eigenvalue weighted by Crippen LogP contribution is 2.25. The molecule has 2 aromatic carbocycles. The van der Waals surface area contributed by atoms with E-state index in [0.717, 1.165) is 27.6 Å². The third-order valence-electron chi connectivity index (χ3n) is 5.43. The number of hydrogen-bond acceptors (Lipinski definition) is 5. The van der Waals surface area contributed by atoms with E-state index in [1.807, 2.05) is 84.9 Å². The molecule has 0 aliphatic carbocycles. The van der Waals surface area contributed by atoms with Crippen LogP contribution in [-0.2, 0) is 13.2 Å². The number of hydrogen-bond donors (Lipinski definition) is 1. The number of para-hydroxylation sites is 1. The standard InChI is InChI=1S/C28H22N4O2/c33-27(31-18-22-11-7-15-30-28(22)34-19-20-8-2-1-3-9-20)24-16-26(21-10-6-14-29-17-21)32-25-13-5-4-12-23(24)25/h1-17H,18-19H2,(H,31,33). The van der Waals surface area contributed by atoms with Gasteiger partial charge in [-0.25, -0.2) is 9.97 Å². The zero-order valence-electron chi connectivity index (χ0n) is 18.4. The van der Waals surface area contributed by atoms with E-state index in [2.05, 4.69) is 15.3 Å². The molecule has 0 saturated carbocycles. The lowest BCUT2D eigenvalue weighted by atomic mass is 10.0. The number of carbonyl (C=O) groups excluding carboxylic acids is 1. The summed E-state index contributed by atoms with van der Waals surface area (Å²) in [5, 5.41) is 3.81. The molecule has 1 N–H and O–H groups in total. The highest BCUT2D eigenvalue weighted by molar-refractivity contribution is 6.07. The molecule has 166 valence electrons. The normalized spacial score (nSPS) is 10.7. The molecule has 3 aromatic heterocycles. The zero-order valence-corrected chi connectivity index (χ0v) is 18.4. The van der Waals surface area contributed by atoms with Crippen molar-refractivity contribution in [2.24, 2.45) is 0 Å². The smallest absolute Gasteiger partial charge is 0.252 e. The van der Waals surface area contributed by atoms with Gasteiger partial charge in [-0.05, 0) is 35.9 Å². The summed E-state index contributed by atoms with van der Waals surface area (Å²) in [6.07, 6.45) is 5.14. The molecule has 0 unspecified atom stereocenters. The number of pyridine rings is 3. The van der Waals surface area contributed by atoms with Crippen molar-refractivity contribution in [1.82, 2.24) is 20.3 Å². The van der Waals surface area contributed by atoms with E-state index in [0.29, 0.717) is 23.7 Å². The summed E-state index contributed by atoms with van der Waals surface area (Å²) < 4.78 is 5.93. The van der Waals surface area contributed by atoms with Crippen LogP contribution in [0.1, 0.15) is 21.5 Å². The monoisotopic (exact) mass is 446 g/mol. The maximum absolute atomic E-state index is 13.3. The number of amides is 1. The van der Waals surface area contributed by atoms with Crippen molar-refractivity contribution in [2.75, 3.05) is 0 Å². The van der Waals surface area contributed by atoms with Crippen molar-refractivity contribution in [3.63, 3.8) is 0 Å². The Labute approximate surface area is 197 Å². The Morgan fingerprint density at radius 3 is 2.56 bits per heavy atom. The van der Waals surface area contributed by atoms with Crippen molar-refractivity contribution in [3.8, 4) is 17.1 Å². The largest absolute Gasteiger partial charge is 0.473 e. The van der Waals surface area contributed by atoms with Crippen LogP contribution in [0.5, 0.6) is 5.88 Å². The lowest BCUT2D eigenvalue weighted by Crippen LogP contribution is -2.23. The molecular formula is C28H22N4O2. The average Bonchev–Trinajstić information content (AvgIpc) is 2.91. The van der Waals surface area contributed by atoms with Crippen molar-refractivity contribution in [2.45, 2.75) is 13.2 Å². The van der Waals surface area contributed by atoms with Gasteiger partial charge in [0.15, 0.2) is 0 Å². The molecule has 0 aliphatic rings. The summed E-state index contributed by atoms with van der Waals surface area (Å²) in [6.45, 7) is 0.692. The van der Waals surface area contributed by atoms with E-state index >= 15 is 0 Å². The van der Waals surface area contributed by atoms with Crippen LogP contribution in [0.15, 0.2) is 104 Å². The topological polar surface area (TPSA) is 77.0 Å². The fourth-order valence-corrected chi connectivity index (χ4v) is 3.71. The highest BCUT2D eigenvalue weighted by atomic mass is 16.5. The molecule has 0 atom stereocenters. The molecule has 0 aliphatic heterocycles. The predicted octanol–water partition coefficient (Wildman–Crippen LogP) is 5.20. The summed E-state index contributed by atoms with van der Waals surface area (Å²) >= 11 is 0. The number of nitrogens with zero attached hydrogens (tertiary/aromatic N) is 3. The van der Waals surface area contributed by atoms with Crippen LogP contribution >= 0.6 is 0 Å². The van der Waals surface area contributed by atoms with Crippen molar-refractivity contribution < 1.29 is 9.53 Å². The van der Waals surface area contributed by atoms with E-state index < -0.39 is 0 Å². The number of aromatic nitrogens is 3. The van der Waals surface area contributed by atoms with Crippen molar-refractivity contribution in [3.05, 3.63) is 120 Å². The van der Waals surface area contributed by atoms with Gasteiger partial charge < -0.3 is 10.1 Å². The quantitative estimate of drug-likeness (QED) is 0.372. The van der Waals surface area contributed by atoms with Crippen LogP contribution in [0.3, 0.4) is 0 Å². The summed E-state index contributed by atoms with van der Waals surface area (Å²) in [5.41, 5.74) is 4.71. The van der Waals surface area contributed by atoms with Gasteiger partial charge in [0, 0.05) is 41.6 Å². The van der Waals surface area contributed by atoms with Crippen LogP contribution in [0.2, 0.25) is 0 Å². The van der Waals surface area contributed by atoms with Crippen LogP contribution in [0.25, 0.3) is 22.2 Å². The van der Waals surface area contributed by atoms with Gasteiger partial charge in [-0.3, -0.25) is 9.78 Å². The minimum Gasteiger partial charge on any atom is -0.473 e. The molecule has 6 nitrogen and oxygen atoms in total. The van der Waals surface area contributed by atoms with Gasteiger partial charge in [0.1, 0.15) is 6.61 Å². The Kier molecular flexibility index (Phi) is 6.21. The average molecular weight is 447 g/mol. The number of carbonyl (C=O) groups is 1. The molecule has 34 heavy (non-hydrogen) atoms. The molecular weight excluding hydrogens is 424 g/mol. The van der Waals surface area contributed by atoms with Crippen molar-refractivity contribution >= 4 is 16.8 Å². The van der Waals surface area contributed by atoms with Crippen LogP contribution in [0.4, 0.5) is 0 Å². The van der Waals surface area contributed by atoms with Gasteiger partial charge in [-0.15, -0.1) is 0 Å². The molecule has 0 fully saturated rings. The number of rotatable bonds is 7. The molecule has 0 saturated heterocycles. The molecule has 5 rings (SSSR count). The minimum absolute atomic E-state index is 0.193. The Bertz CT molecular complexity index is 1420. The number of ether oxygens (including phenoxy) is 1. The molecule has 0 radical (unpaired) electrons. The first-order valence-electron chi connectivity index (χ1n) is 11.0. The van der Waals surface area contributed by atoms with Gasteiger partial charge in [0.25, 0.3) is 5.91 Å². The second-order valence-corrected chi connectivity index (χ2v) is 7.74. The van der Waals surface area contributed by atoms with Crippen LogP contribution < -0.4 is 10.1 Å². The first-order chi connectivity index (χ1) is 16.8. The number of fused-ring (bicyclic) bond motifs is 1. The third kappa shape index (κ3) is 4.76. The van der Waals surface area contributed by atoms with Gasteiger partial charge in [0.2, 0.25) is 5.88 Å². The first kappa shape index (κ1) is 21.3. The zero-order chi connectivity index (χ0) is 23.2. The van der Waals surface area contributed by atoms with Crippen molar-refractivity contribution in [1.29, 1.82) is 0 Å². The Morgan fingerprint density at radius 1 is 0.882 bits per heavy atom. The van der Waals surface area contributed by atoms with E-state index in [-0.39, 0.29) is 12.5 Å². The molecule has 6 heteroatoms.